The van der Waals surface area contributed by atoms with Crippen LogP contribution in [-0.2, 0) is 11.4 Å². The number of rotatable bonds is 8. The summed E-state index contributed by atoms with van der Waals surface area (Å²) in [5.74, 6) is 0.912. The zero-order valence-corrected chi connectivity index (χ0v) is 16.9. The first kappa shape index (κ1) is 20.3. The molecule has 0 atom stereocenters. The van der Waals surface area contributed by atoms with Crippen molar-refractivity contribution in [3.63, 3.8) is 0 Å². The largest absolute Gasteiger partial charge is 0.458 e. The van der Waals surface area contributed by atoms with E-state index in [0.717, 1.165) is 11.1 Å². The van der Waals surface area contributed by atoms with Gasteiger partial charge < -0.3 is 15.4 Å². The summed E-state index contributed by atoms with van der Waals surface area (Å²) in [7, 11) is 0. The first-order valence-corrected chi connectivity index (χ1v) is 9.50. The Morgan fingerprint density at radius 1 is 0.966 bits per heavy atom. The minimum atomic E-state index is -0.0734. The number of anilines is 1. The number of amides is 1. The summed E-state index contributed by atoms with van der Waals surface area (Å²) in [5.41, 5.74) is 4.59. The molecule has 29 heavy (non-hydrogen) atoms. The van der Waals surface area contributed by atoms with Gasteiger partial charge in [0, 0.05) is 20.0 Å². The van der Waals surface area contributed by atoms with Gasteiger partial charge in [0.25, 0.3) is 0 Å². The van der Waals surface area contributed by atoms with E-state index in [0.29, 0.717) is 31.5 Å². The standard InChI is InChI=1S/C22H25N5O2/c1-15-19(10-7-11-20(15)18-8-5-4-6-9-18)14-29-22-26-16(2)25-21(27-22)24-13-12-23-17(3)28/h4-11H,12-14H2,1-3H3,(H,23,28)(H,24,25,26,27). The van der Waals surface area contributed by atoms with Crippen LogP contribution < -0.4 is 15.4 Å². The smallest absolute Gasteiger partial charge is 0.321 e. The van der Waals surface area contributed by atoms with Crippen LogP contribution in [0.2, 0.25) is 0 Å². The summed E-state index contributed by atoms with van der Waals surface area (Å²) in [6.07, 6.45) is 0. The summed E-state index contributed by atoms with van der Waals surface area (Å²) >= 11 is 0. The predicted molar refractivity (Wildman–Crippen MR) is 113 cm³/mol. The Balaban J connectivity index is 1.68. The summed E-state index contributed by atoms with van der Waals surface area (Å²) in [6, 6.07) is 16.7. The SMILES string of the molecule is CC(=O)NCCNc1nc(C)nc(OCc2cccc(-c3ccccc3)c2C)n1. The highest BCUT2D eigenvalue weighted by Gasteiger charge is 2.09. The first-order chi connectivity index (χ1) is 14.0. The third-order valence-corrected chi connectivity index (χ3v) is 4.40. The lowest BCUT2D eigenvalue weighted by Gasteiger charge is -2.13. The molecular weight excluding hydrogens is 366 g/mol. The van der Waals surface area contributed by atoms with Crippen molar-refractivity contribution in [2.24, 2.45) is 0 Å². The van der Waals surface area contributed by atoms with Gasteiger partial charge in [-0.1, -0.05) is 48.5 Å². The number of carbonyl (C=O) groups is 1. The maximum atomic E-state index is 10.9. The van der Waals surface area contributed by atoms with Gasteiger partial charge in [-0.2, -0.15) is 15.0 Å². The molecule has 0 saturated heterocycles. The molecule has 7 heteroatoms. The fraction of sp³-hybridized carbons (Fsp3) is 0.273. The predicted octanol–water partition coefficient (Wildman–Crippen LogP) is 3.28. The second-order valence-corrected chi connectivity index (χ2v) is 6.64. The number of hydrogen-bond acceptors (Lipinski definition) is 6. The van der Waals surface area contributed by atoms with Gasteiger partial charge in [-0.25, -0.2) is 0 Å². The van der Waals surface area contributed by atoms with Crippen molar-refractivity contribution in [2.45, 2.75) is 27.4 Å². The van der Waals surface area contributed by atoms with Crippen LogP contribution in [0.4, 0.5) is 5.95 Å². The Bertz CT molecular complexity index is 976. The molecule has 1 heterocycles. The summed E-state index contributed by atoms with van der Waals surface area (Å²) in [6.45, 7) is 6.72. The molecule has 2 aromatic carbocycles. The highest BCUT2D eigenvalue weighted by Crippen LogP contribution is 2.26. The van der Waals surface area contributed by atoms with E-state index in [-0.39, 0.29) is 11.9 Å². The van der Waals surface area contributed by atoms with Crippen LogP contribution >= 0.6 is 0 Å². The van der Waals surface area contributed by atoms with Crippen LogP contribution in [0.3, 0.4) is 0 Å². The van der Waals surface area contributed by atoms with E-state index in [1.54, 1.807) is 6.92 Å². The molecule has 2 N–H and O–H groups in total. The van der Waals surface area contributed by atoms with E-state index >= 15 is 0 Å². The Morgan fingerprint density at radius 2 is 1.76 bits per heavy atom. The van der Waals surface area contributed by atoms with Crippen LogP contribution in [0.1, 0.15) is 23.9 Å². The Hall–Kier alpha value is -3.48. The van der Waals surface area contributed by atoms with Crippen molar-refractivity contribution in [3.05, 3.63) is 65.5 Å². The summed E-state index contributed by atoms with van der Waals surface area (Å²) in [5, 5.41) is 5.78. The molecule has 0 aliphatic rings. The molecule has 150 valence electrons. The zero-order chi connectivity index (χ0) is 20.6. The highest BCUT2D eigenvalue weighted by atomic mass is 16.5. The van der Waals surface area contributed by atoms with Crippen molar-refractivity contribution in [1.29, 1.82) is 0 Å². The number of nitrogens with one attached hydrogen (secondary N) is 2. The molecule has 0 spiro atoms. The van der Waals surface area contributed by atoms with E-state index in [9.17, 15) is 4.79 Å². The number of carbonyl (C=O) groups excluding carboxylic acids is 1. The van der Waals surface area contributed by atoms with Crippen molar-refractivity contribution < 1.29 is 9.53 Å². The molecule has 3 rings (SSSR count). The van der Waals surface area contributed by atoms with Crippen molar-refractivity contribution in [2.75, 3.05) is 18.4 Å². The number of hydrogen-bond donors (Lipinski definition) is 2. The lowest BCUT2D eigenvalue weighted by molar-refractivity contribution is -0.118. The van der Waals surface area contributed by atoms with Gasteiger partial charge in [-0.15, -0.1) is 0 Å². The van der Waals surface area contributed by atoms with Gasteiger partial charge in [0.1, 0.15) is 12.4 Å². The molecule has 0 fully saturated rings. The number of aryl methyl sites for hydroxylation is 1. The van der Waals surface area contributed by atoms with Crippen molar-refractivity contribution in [1.82, 2.24) is 20.3 Å². The maximum absolute atomic E-state index is 10.9. The summed E-state index contributed by atoms with van der Waals surface area (Å²) in [4.78, 5) is 23.7. The van der Waals surface area contributed by atoms with Gasteiger partial charge in [0.15, 0.2) is 0 Å². The Kier molecular flexibility index (Phi) is 6.73. The lowest BCUT2D eigenvalue weighted by atomic mass is 9.97. The van der Waals surface area contributed by atoms with Crippen LogP contribution in [-0.4, -0.2) is 33.9 Å². The quantitative estimate of drug-likeness (QED) is 0.573. The third-order valence-electron chi connectivity index (χ3n) is 4.40. The highest BCUT2D eigenvalue weighted by molar-refractivity contribution is 5.72. The Morgan fingerprint density at radius 3 is 2.52 bits per heavy atom. The van der Waals surface area contributed by atoms with Gasteiger partial charge in [0.2, 0.25) is 11.9 Å². The first-order valence-electron chi connectivity index (χ1n) is 9.50. The van der Waals surface area contributed by atoms with Crippen LogP contribution in [0.25, 0.3) is 11.1 Å². The fourth-order valence-corrected chi connectivity index (χ4v) is 2.93. The zero-order valence-electron chi connectivity index (χ0n) is 16.9. The van der Waals surface area contributed by atoms with E-state index in [1.165, 1.54) is 18.1 Å². The molecule has 0 saturated carbocycles. The summed E-state index contributed by atoms with van der Waals surface area (Å²) < 4.78 is 5.86. The third kappa shape index (κ3) is 5.75. The average molecular weight is 391 g/mol. The topological polar surface area (TPSA) is 89.0 Å². The van der Waals surface area contributed by atoms with Crippen molar-refractivity contribution >= 4 is 11.9 Å². The Labute approximate surface area is 170 Å². The monoisotopic (exact) mass is 391 g/mol. The van der Waals surface area contributed by atoms with E-state index in [2.05, 4.69) is 50.7 Å². The molecule has 0 bridgehead atoms. The maximum Gasteiger partial charge on any atom is 0.321 e. The molecule has 3 aromatic rings. The molecule has 0 aliphatic carbocycles. The van der Waals surface area contributed by atoms with Crippen LogP contribution in [0.5, 0.6) is 6.01 Å². The lowest BCUT2D eigenvalue weighted by Crippen LogP contribution is -2.26. The van der Waals surface area contributed by atoms with E-state index in [1.807, 2.05) is 30.3 Å². The normalized spacial score (nSPS) is 10.4. The van der Waals surface area contributed by atoms with E-state index in [4.69, 9.17) is 4.74 Å². The second kappa shape index (κ2) is 9.64. The molecule has 0 aliphatic heterocycles. The number of ether oxygens (including phenoxy) is 1. The van der Waals surface area contributed by atoms with Gasteiger partial charge in [-0.05, 0) is 36.1 Å². The van der Waals surface area contributed by atoms with E-state index < -0.39 is 0 Å². The number of benzene rings is 2. The van der Waals surface area contributed by atoms with Crippen LogP contribution in [0, 0.1) is 13.8 Å². The molecule has 1 amide bonds. The fourth-order valence-electron chi connectivity index (χ4n) is 2.93. The minimum absolute atomic E-state index is 0.0734. The average Bonchev–Trinajstić information content (AvgIpc) is 2.71. The van der Waals surface area contributed by atoms with Gasteiger partial charge in [0.05, 0.1) is 0 Å². The molecule has 0 radical (unpaired) electrons. The number of nitrogens with zero attached hydrogens (tertiary/aromatic N) is 3. The molecule has 0 unspecified atom stereocenters. The van der Waals surface area contributed by atoms with Crippen molar-refractivity contribution in [3.8, 4) is 17.1 Å². The van der Waals surface area contributed by atoms with Gasteiger partial charge >= 0.3 is 6.01 Å². The molecule has 7 nitrogen and oxygen atoms in total. The number of aromatic nitrogens is 3. The molecular formula is C22H25N5O2. The second-order valence-electron chi connectivity index (χ2n) is 6.64. The van der Waals surface area contributed by atoms with Crippen LogP contribution in [0.15, 0.2) is 48.5 Å². The molecule has 1 aromatic heterocycles. The minimum Gasteiger partial charge on any atom is -0.458 e. The van der Waals surface area contributed by atoms with Gasteiger partial charge in [-0.3, -0.25) is 4.79 Å².